The molecule has 6 rings (SSSR count). The summed E-state index contributed by atoms with van der Waals surface area (Å²) in [4.78, 5) is 9.84. The molecule has 186 valence electrons. The summed E-state index contributed by atoms with van der Waals surface area (Å²) >= 11 is 0. The number of hydrogen-bond acceptors (Lipinski definition) is 3. The van der Waals surface area contributed by atoms with Gasteiger partial charge in [-0.1, -0.05) is 55.6 Å². The number of para-hydroxylation sites is 3. The van der Waals surface area contributed by atoms with Gasteiger partial charge in [0.1, 0.15) is 19.5 Å². The maximum atomic E-state index is 10.7. The quantitative estimate of drug-likeness (QED) is 0.187. The van der Waals surface area contributed by atoms with E-state index in [-0.39, 0.29) is 26.8 Å². The Morgan fingerprint density at radius 1 is 0.838 bits per heavy atom. The van der Waals surface area contributed by atoms with Crippen LogP contribution in [0.15, 0.2) is 97.2 Å². The number of nitrogens with zero attached hydrogens (tertiary/aromatic N) is 3. The van der Waals surface area contributed by atoms with Gasteiger partial charge in [0.15, 0.2) is 0 Å². The van der Waals surface area contributed by atoms with Crippen molar-refractivity contribution in [1.29, 1.82) is 0 Å². The Morgan fingerprint density at radius 3 is 2.43 bits per heavy atom. The van der Waals surface area contributed by atoms with Gasteiger partial charge in [0.05, 0.1) is 11.2 Å². The summed E-state index contributed by atoms with van der Waals surface area (Å²) in [6.45, 7) is 6.74. The first-order chi connectivity index (χ1) is 17.4. The zero-order chi connectivity index (χ0) is 24.9. The first-order valence-electron chi connectivity index (χ1n) is 12.1. The standard InChI is InChI=1S/C31H26N3OSi.Pt/c1-21-17-18-32-30(19-21)36(2,3)23-10-8-9-22(20-23)26-16-15-25-24-11-4-5-12-27(24)34(31(25)33-26)28-13-6-7-14-29(28)35;/h4-19,35H,1-3H3;/q-1;. The number of pyridine rings is 2. The predicted molar refractivity (Wildman–Crippen MR) is 150 cm³/mol. The number of aryl methyl sites for hydroxylation is 1. The molecule has 3 aromatic heterocycles. The fourth-order valence-corrected chi connectivity index (χ4v) is 7.11. The smallest absolute Gasteiger partial charge is 0.139 e. The second-order valence-corrected chi connectivity index (χ2v) is 14.0. The van der Waals surface area contributed by atoms with Gasteiger partial charge in [0.25, 0.3) is 0 Å². The van der Waals surface area contributed by atoms with Crippen molar-refractivity contribution >= 4 is 40.5 Å². The molecule has 3 aromatic carbocycles. The summed E-state index contributed by atoms with van der Waals surface area (Å²) in [5.74, 6) is 0.222. The molecule has 0 aliphatic carbocycles. The van der Waals surface area contributed by atoms with E-state index in [9.17, 15) is 5.11 Å². The molecule has 6 aromatic rings. The average Bonchev–Trinajstić information content (AvgIpc) is 3.22. The van der Waals surface area contributed by atoms with E-state index in [4.69, 9.17) is 9.97 Å². The van der Waals surface area contributed by atoms with E-state index in [2.05, 4.69) is 74.6 Å². The predicted octanol–water partition coefficient (Wildman–Crippen LogP) is 5.88. The van der Waals surface area contributed by atoms with E-state index in [0.29, 0.717) is 5.69 Å². The molecule has 0 aliphatic rings. The van der Waals surface area contributed by atoms with Gasteiger partial charge in [0, 0.05) is 43.4 Å². The van der Waals surface area contributed by atoms with Gasteiger partial charge < -0.3 is 5.11 Å². The number of phenols is 1. The zero-order valence-electron chi connectivity index (χ0n) is 20.8. The monoisotopic (exact) mass is 679 g/mol. The number of aromatic nitrogens is 3. The maximum absolute atomic E-state index is 10.7. The number of benzene rings is 3. The van der Waals surface area contributed by atoms with Crippen LogP contribution in [0.25, 0.3) is 38.9 Å². The van der Waals surface area contributed by atoms with Crippen molar-refractivity contribution in [2.24, 2.45) is 0 Å². The topological polar surface area (TPSA) is 50.9 Å². The molecule has 0 unspecified atom stereocenters. The Balaban J connectivity index is 0.00000280. The van der Waals surface area contributed by atoms with Crippen LogP contribution in [0.4, 0.5) is 0 Å². The van der Waals surface area contributed by atoms with Crippen molar-refractivity contribution in [3.63, 3.8) is 0 Å². The van der Waals surface area contributed by atoms with E-state index in [1.54, 1.807) is 6.07 Å². The Bertz CT molecular complexity index is 1760. The molecule has 0 amide bonds. The molecule has 0 fully saturated rings. The van der Waals surface area contributed by atoms with Crippen LogP contribution in [-0.4, -0.2) is 27.7 Å². The van der Waals surface area contributed by atoms with Crippen LogP contribution in [0.1, 0.15) is 5.56 Å². The Kier molecular flexibility index (Phi) is 6.61. The van der Waals surface area contributed by atoms with Crippen molar-refractivity contribution in [3.8, 4) is 22.7 Å². The molecule has 4 nitrogen and oxygen atoms in total. The SMILES string of the molecule is Cc1ccnc([Si](C)(C)c2[c-]c(-c3ccc4c5ccccc5n(-c5ccccc5O)c4n3)ccc2)c1.[Pt]. The van der Waals surface area contributed by atoms with Crippen molar-refractivity contribution in [1.82, 2.24) is 14.5 Å². The molecule has 0 saturated heterocycles. The second-order valence-electron chi connectivity index (χ2n) is 9.73. The summed E-state index contributed by atoms with van der Waals surface area (Å²) in [6, 6.07) is 34.1. The summed E-state index contributed by atoms with van der Waals surface area (Å²) in [6.07, 6.45) is 1.90. The average molecular weight is 680 g/mol. The fourth-order valence-electron chi connectivity index (χ4n) is 4.89. The van der Waals surface area contributed by atoms with Gasteiger partial charge in [-0.25, -0.2) is 0 Å². The van der Waals surface area contributed by atoms with Gasteiger partial charge in [-0.05, 0) is 48.5 Å². The Morgan fingerprint density at radius 2 is 1.62 bits per heavy atom. The van der Waals surface area contributed by atoms with Crippen LogP contribution in [0, 0.1) is 13.0 Å². The minimum absolute atomic E-state index is 0. The molecule has 3 heterocycles. The number of hydrogen-bond donors (Lipinski definition) is 1. The molecule has 0 radical (unpaired) electrons. The summed E-state index contributed by atoms with van der Waals surface area (Å²) in [7, 11) is -2.03. The third-order valence-corrected chi connectivity index (χ3v) is 10.1. The van der Waals surface area contributed by atoms with Gasteiger partial charge >= 0.3 is 0 Å². The molecule has 6 heteroatoms. The summed E-state index contributed by atoms with van der Waals surface area (Å²) in [5, 5.41) is 15.2. The Labute approximate surface area is 231 Å². The number of aromatic hydroxyl groups is 1. The molecular formula is C31H26N3OPtSi-. The second kappa shape index (κ2) is 9.73. The molecule has 1 N–H and O–H groups in total. The van der Waals surface area contributed by atoms with E-state index < -0.39 is 8.07 Å². The van der Waals surface area contributed by atoms with Gasteiger partial charge in [-0.15, -0.1) is 35.0 Å². The normalized spacial score (nSPS) is 11.5. The molecule has 0 aliphatic heterocycles. The first kappa shape index (κ1) is 25.1. The van der Waals surface area contributed by atoms with Gasteiger partial charge in [-0.3, -0.25) is 14.5 Å². The molecule has 0 spiro atoms. The summed E-state index contributed by atoms with van der Waals surface area (Å²) in [5.41, 5.74) is 5.56. The third-order valence-electron chi connectivity index (χ3n) is 6.94. The van der Waals surface area contributed by atoms with Crippen molar-refractivity contribution in [3.05, 3.63) is 109 Å². The van der Waals surface area contributed by atoms with Crippen LogP contribution < -0.4 is 10.5 Å². The molecule has 37 heavy (non-hydrogen) atoms. The Hall–Kier alpha value is -3.53. The molecule has 0 bridgehead atoms. The fraction of sp³-hybridized carbons (Fsp3) is 0.0968. The first-order valence-corrected chi connectivity index (χ1v) is 15.1. The molecule has 0 saturated carbocycles. The largest absolute Gasteiger partial charge is 0.506 e. The van der Waals surface area contributed by atoms with Gasteiger partial charge in [-0.2, -0.15) is 0 Å². The zero-order valence-corrected chi connectivity index (χ0v) is 24.1. The van der Waals surface area contributed by atoms with Crippen LogP contribution in [0.5, 0.6) is 5.75 Å². The van der Waals surface area contributed by atoms with E-state index in [0.717, 1.165) is 38.5 Å². The molecule has 0 atom stereocenters. The maximum Gasteiger partial charge on any atom is 0.139 e. The van der Waals surface area contributed by atoms with E-state index in [1.807, 2.05) is 47.2 Å². The van der Waals surface area contributed by atoms with Gasteiger partial charge in [0.2, 0.25) is 0 Å². The third kappa shape index (κ3) is 4.33. The van der Waals surface area contributed by atoms with E-state index >= 15 is 0 Å². The van der Waals surface area contributed by atoms with Crippen LogP contribution in [0.3, 0.4) is 0 Å². The molecular weight excluding hydrogens is 654 g/mol. The van der Waals surface area contributed by atoms with E-state index in [1.165, 1.54) is 10.8 Å². The van der Waals surface area contributed by atoms with Crippen molar-refractivity contribution in [2.75, 3.05) is 0 Å². The van der Waals surface area contributed by atoms with Crippen LogP contribution >= 0.6 is 0 Å². The minimum atomic E-state index is -2.03. The minimum Gasteiger partial charge on any atom is -0.506 e. The number of phenolic OH excluding ortho intramolecular Hbond substituents is 1. The van der Waals surface area contributed by atoms with Crippen molar-refractivity contribution in [2.45, 2.75) is 20.0 Å². The van der Waals surface area contributed by atoms with Crippen LogP contribution in [-0.2, 0) is 21.1 Å². The summed E-state index contributed by atoms with van der Waals surface area (Å²) < 4.78 is 2.04. The number of rotatable bonds is 4. The van der Waals surface area contributed by atoms with Crippen molar-refractivity contribution < 1.29 is 26.2 Å². The van der Waals surface area contributed by atoms with Crippen LogP contribution in [0.2, 0.25) is 13.1 Å². The number of fused-ring (bicyclic) bond motifs is 3.